The first-order chi connectivity index (χ1) is 17.0. The Kier molecular flexibility index (Phi) is 8.77. The van der Waals surface area contributed by atoms with Crippen LogP contribution in [0.5, 0.6) is 0 Å². The average Bonchev–Trinajstić information content (AvgIpc) is 2.89. The van der Waals surface area contributed by atoms with Gasteiger partial charge in [0.2, 0.25) is 0 Å². The number of rotatable bonds is 6. The van der Waals surface area contributed by atoms with E-state index in [9.17, 15) is 14.0 Å². The smallest absolute Gasteiger partial charge is 0.330 e. The van der Waals surface area contributed by atoms with Gasteiger partial charge in [0.05, 0.1) is 5.56 Å². The summed E-state index contributed by atoms with van der Waals surface area (Å²) >= 11 is 0. The van der Waals surface area contributed by atoms with Crippen molar-refractivity contribution in [3.05, 3.63) is 131 Å². The van der Waals surface area contributed by atoms with Crippen molar-refractivity contribution in [1.29, 1.82) is 0 Å². The molecule has 0 aliphatic carbocycles. The van der Waals surface area contributed by atoms with Crippen molar-refractivity contribution >= 4 is 11.9 Å². The summed E-state index contributed by atoms with van der Waals surface area (Å²) in [4.78, 5) is 22.4. The molecule has 0 atom stereocenters. The van der Waals surface area contributed by atoms with Gasteiger partial charge >= 0.3 is 11.9 Å². The fourth-order valence-electron chi connectivity index (χ4n) is 2.88. The molecular weight excluding hydrogens is 443 g/mol. The molecule has 4 nitrogen and oxygen atoms in total. The van der Waals surface area contributed by atoms with Crippen LogP contribution in [0.3, 0.4) is 0 Å². The second-order valence-corrected chi connectivity index (χ2v) is 7.22. The Bertz CT molecular complexity index is 1400. The molecule has 0 heterocycles. The maximum atomic E-state index is 14.6. The molecule has 0 N–H and O–H groups in total. The minimum Gasteiger partial charge on any atom is -0.458 e. The molecule has 0 bridgehead atoms. The van der Waals surface area contributed by atoms with Crippen molar-refractivity contribution < 1.29 is 23.5 Å². The minimum atomic E-state index is -0.506. The highest BCUT2D eigenvalue weighted by atomic mass is 19.1. The van der Waals surface area contributed by atoms with Crippen LogP contribution in [-0.4, -0.2) is 11.9 Å². The second-order valence-electron chi connectivity index (χ2n) is 7.22. The molecule has 0 aliphatic rings. The summed E-state index contributed by atoms with van der Waals surface area (Å²) in [5.74, 6) is 10.2. The van der Waals surface area contributed by atoms with Crippen LogP contribution < -0.4 is 0 Å². The fourth-order valence-corrected chi connectivity index (χ4v) is 2.88. The Morgan fingerprint density at radius 2 is 1.20 bits per heavy atom. The summed E-state index contributed by atoms with van der Waals surface area (Å²) < 4.78 is 24.6. The number of carbonyl (C=O) groups is 2. The number of benzene rings is 3. The van der Waals surface area contributed by atoms with Crippen LogP contribution in [-0.2, 0) is 32.3 Å². The van der Waals surface area contributed by atoms with Gasteiger partial charge in [0, 0.05) is 28.8 Å². The van der Waals surface area contributed by atoms with E-state index in [2.05, 4.69) is 36.8 Å². The summed E-state index contributed by atoms with van der Waals surface area (Å²) in [5, 5.41) is 0. The summed E-state index contributed by atoms with van der Waals surface area (Å²) in [6, 6.07) is 19.0. The van der Waals surface area contributed by atoms with E-state index in [1.54, 1.807) is 48.5 Å². The number of ether oxygens (including phenoxy) is 2. The van der Waals surface area contributed by atoms with Gasteiger partial charge in [-0.15, -0.1) is 0 Å². The van der Waals surface area contributed by atoms with Crippen molar-refractivity contribution in [1.82, 2.24) is 0 Å². The van der Waals surface area contributed by atoms with Gasteiger partial charge in [-0.05, 0) is 53.6 Å². The molecule has 5 heteroatoms. The van der Waals surface area contributed by atoms with Crippen molar-refractivity contribution in [3.63, 3.8) is 0 Å². The molecule has 35 heavy (non-hydrogen) atoms. The van der Waals surface area contributed by atoms with Gasteiger partial charge in [-0.3, -0.25) is 0 Å². The summed E-state index contributed by atoms with van der Waals surface area (Å²) in [7, 11) is 0. The first-order valence-electron chi connectivity index (χ1n) is 10.6. The molecule has 0 saturated carbocycles. The van der Waals surface area contributed by atoms with Crippen LogP contribution in [0.2, 0.25) is 0 Å². The molecule has 0 aromatic heterocycles. The highest BCUT2D eigenvalue weighted by molar-refractivity contribution is 5.81. The molecule has 0 radical (unpaired) electrons. The first-order valence-corrected chi connectivity index (χ1v) is 10.6. The Labute approximate surface area is 203 Å². The van der Waals surface area contributed by atoms with E-state index < -0.39 is 17.8 Å². The highest BCUT2D eigenvalue weighted by Crippen LogP contribution is 2.11. The van der Waals surface area contributed by atoms with E-state index in [1.807, 2.05) is 12.1 Å². The molecule has 0 fully saturated rings. The molecule has 0 amide bonds. The number of halogens is 1. The highest BCUT2D eigenvalue weighted by Gasteiger charge is 2.02. The Morgan fingerprint density at radius 1 is 0.714 bits per heavy atom. The number of hydrogen-bond donors (Lipinski definition) is 0. The van der Waals surface area contributed by atoms with Crippen LogP contribution in [0.25, 0.3) is 0 Å². The molecule has 3 aromatic rings. The zero-order valence-corrected chi connectivity index (χ0v) is 18.8. The SMILES string of the molecule is C=CC(=O)OCc1cccc(C#Cc2ccc(C#Cc3cccc(COC(=O)C=C)c3)c(F)c2)c1. The summed E-state index contributed by atoms with van der Waals surface area (Å²) in [6.45, 7) is 6.93. The largest absolute Gasteiger partial charge is 0.458 e. The Balaban J connectivity index is 1.69. The monoisotopic (exact) mass is 464 g/mol. The second kappa shape index (κ2) is 12.4. The molecule has 0 unspecified atom stereocenters. The third-order valence-electron chi connectivity index (χ3n) is 4.61. The topological polar surface area (TPSA) is 52.6 Å². The van der Waals surface area contributed by atoms with Gasteiger partial charge < -0.3 is 9.47 Å². The molecular formula is C30H21FO4. The third kappa shape index (κ3) is 7.89. The molecule has 0 spiro atoms. The predicted molar refractivity (Wildman–Crippen MR) is 131 cm³/mol. The Morgan fingerprint density at radius 3 is 1.69 bits per heavy atom. The lowest BCUT2D eigenvalue weighted by molar-refractivity contribution is -0.139. The van der Waals surface area contributed by atoms with E-state index >= 15 is 0 Å². The zero-order chi connectivity index (χ0) is 25.0. The van der Waals surface area contributed by atoms with Crippen LogP contribution >= 0.6 is 0 Å². The lowest BCUT2D eigenvalue weighted by Gasteiger charge is -2.02. The minimum absolute atomic E-state index is 0.102. The third-order valence-corrected chi connectivity index (χ3v) is 4.61. The van der Waals surface area contributed by atoms with Gasteiger partial charge in [-0.1, -0.05) is 61.1 Å². The first kappa shape index (κ1) is 24.8. The van der Waals surface area contributed by atoms with E-state index in [0.29, 0.717) is 16.7 Å². The zero-order valence-electron chi connectivity index (χ0n) is 18.8. The standard InChI is InChI=1S/C30H21FO4/c1-3-29(32)34-20-25-9-5-7-22(17-25)11-12-24-14-16-27(28(31)19-24)15-13-23-8-6-10-26(18-23)21-35-30(33)4-2/h3-10,14,16-19H,1-2,20-21H2. The number of carbonyl (C=O) groups excluding carboxylic acids is 2. The average molecular weight is 464 g/mol. The van der Waals surface area contributed by atoms with E-state index in [1.165, 1.54) is 6.07 Å². The van der Waals surface area contributed by atoms with Crippen molar-refractivity contribution in [3.8, 4) is 23.7 Å². The normalized spacial score (nSPS) is 9.51. The quantitative estimate of drug-likeness (QED) is 0.290. The number of hydrogen-bond acceptors (Lipinski definition) is 4. The van der Waals surface area contributed by atoms with Gasteiger partial charge in [-0.25, -0.2) is 14.0 Å². The van der Waals surface area contributed by atoms with Gasteiger partial charge in [0.15, 0.2) is 0 Å². The predicted octanol–water partition coefficient (Wildman–Crippen LogP) is 5.08. The summed E-state index contributed by atoms with van der Waals surface area (Å²) in [5.41, 5.74) is 3.67. The van der Waals surface area contributed by atoms with Gasteiger partial charge in [-0.2, -0.15) is 0 Å². The molecule has 0 saturated heterocycles. The fraction of sp³-hybridized carbons (Fsp3) is 0.0667. The van der Waals surface area contributed by atoms with Gasteiger partial charge in [0.25, 0.3) is 0 Å². The molecule has 172 valence electrons. The molecule has 3 aromatic carbocycles. The Hall–Kier alpha value is -4.87. The van der Waals surface area contributed by atoms with Crippen LogP contribution in [0, 0.1) is 29.5 Å². The van der Waals surface area contributed by atoms with E-state index in [-0.39, 0.29) is 18.8 Å². The summed E-state index contributed by atoms with van der Waals surface area (Å²) in [6.07, 6.45) is 2.20. The van der Waals surface area contributed by atoms with Gasteiger partial charge in [0.1, 0.15) is 19.0 Å². The van der Waals surface area contributed by atoms with Crippen LogP contribution in [0.1, 0.15) is 33.4 Å². The lowest BCUT2D eigenvalue weighted by Crippen LogP contribution is -2.00. The van der Waals surface area contributed by atoms with E-state index in [4.69, 9.17) is 9.47 Å². The number of esters is 2. The van der Waals surface area contributed by atoms with Crippen molar-refractivity contribution in [2.75, 3.05) is 0 Å². The van der Waals surface area contributed by atoms with E-state index in [0.717, 1.165) is 23.3 Å². The van der Waals surface area contributed by atoms with Crippen LogP contribution in [0.15, 0.2) is 92.0 Å². The van der Waals surface area contributed by atoms with Crippen LogP contribution in [0.4, 0.5) is 4.39 Å². The maximum Gasteiger partial charge on any atom is 0.330 e. The molecule has 0 aliphatic heterocycles. The molecule has 3 rings (SSSR count). The van der Waals surface area contributed by atoms with Crippen molar-refractivity contribution in [2.45, 2.75) is 13.2 Å². The maximum absolute atomic E-state index is 14.6. The lowest BCUT2D eigenvalue weighted by atomic mass is 10.1. The van der Waals surface area contributed by atoms with Crippen molar-refractivity contribution in [2.24, 2.45) is 0 Å².